The molecule has 38 heavy (non-hydrogen) atoms. The van der Waals surface area contributed by atoms with Crippen LogP contribution in [0.4, 0.5) is 17.1 Å². The summed E-state index contributed by atoms with van der Waals surface area (Å²) in [5.74, 6) is -0.286. The summed E-state index contributed by atoms with van der Waals surface area (Å²) in [5, 5.41) is 23.3. The first kappa shape index (κ1) is 27.1. The van der Waals surface area contributed by atoms with Crippen molar-refractivity contribution < 1.29 is 27.6 Å². The first-order valence-corrected chi connectivity index (χ1v) is 13.4. The fourth-order valence-corrected chi connectivity index (χ4v) is 5.12. The molecule has 0 saturated heterocycles. The Morgan fingerprint density at radius 2 is 1.74 bits per heavy atom. The third-order valence-corrected chi connectivity index (χ3v) is 7.09. The molecular formula is C27H24ClN3O6S. The molecule has 0 atom stereocenters. The number of rotatable bonds is 8. The Labute approximate surface area is 224 Å². The third kappa shape index (κ3) is 5.62. The number of hydrogen-bond donors (Lipinski definition) is 3. The molecule has 9 nitrogen and oxygen atoms in total. The number of hydrogen-bond acceptors (Lipinski definition) is 7. The number of azo groups is 1. The average molecular weight is 554 g/mol. The zero-order valence-electron chi connectivity index (χ0n) is 20.5. The summed E-state index contributed by atoms with van der Waals surface area (Å²) in [7, 11) is -4.48. The summed E-state index contributed by atoms with van der Waals surface area (Å²) in [4.78, 5) is 12.8. The van der Waals surface area contributed by atoms with Gasteiger partial charge in [-0.3, -0.25) is 9.35 Å². The fourth-order valence-electron chi connectivity index (χ4n) is 3.93. The van der Waals surface area contributed by atoms with Gasteiger partial charge in [0.05, 0.1) is 22.1 Å². The molecule has 11 heteroatoms. The number of ether oxygens (including phenoxy) is 1. The molecule has 0 saturated carbocycles. The zero-order chi connectivity index (χ0) is 27.4. The number of halogens is 1. The predicted octanol–water partition coefficient (Wildman–Crippen LogP) is 7.07. The number of aromatic hydroxyl groups is 1. The number of benzene rings is 4. The predicted molar refractivity (Wildman–Crippen MR) is 146 cm³/mol. The number of fused-ring (bicyclic) bond motifs is 1. The van der Waals surface area contributed by atoms with E-state index in [9.17, 15) is 22.9 Å². The van der Waals surface area contributed by atoms with Crippen LogP contribution in [0.15, 0.2) is 81.9 Å². The van der Waals surface area contributed by atoms with E-state index in [-0.39, 0.29) is 38.8 Å². The molecule has 0 aliphatic heterocycles. The monoisotopic (exact) mass is 553 g/mol. The zero-order valence-corrected chi connectivity index (χ0v) is 22.0. The average Bonchev–Trinajstić information content (AvgIpc) is 2.89. The summed E-state index contributed by atoms with van der Waals surface area (Å²) in [6, 6.07) is 17.9. The Kier molecular flexibility index (Phi) is 7.96. The molecule has 0 aromatic heterocycles. The van der Waals surface area contributed by atoms with E-state index < -0.39 is 21.8 Å². The van der Waals surface area contributed by atoms with Crippen LogP contribution in [0.1, 0.15) is 29.8 Å². The number of carbonyl (C=O) groups excluding carboxylic acids is 1. The van der Waals surface area contributed by atoms with Gasteiger partial charge in [-0.05, 0) is 66.8 Å². The molecular weight excluding hydrogens is 530 g/mol. The molecule has 4 rings (SSSR count). The smallest absolute Gasteiger partial charge is 0.294 e. The highest BCUT2D eigenvalue weighted by Crippen LogP contribution is 2.41. The molecule has 0 radical (unpaired) electrons. The molecule has 3 N–H and O–H groups in total. The second-order valence-electron chi connectivity index (χ2n) is 8.16. The topological polar surface area (TPSA) is 138 Å². The third-order valence-electron chi connectivity index (χ3n) is 5.73. The number of anilines is 1. The summed E-state index contributed by atoms with van der Waals surface area (Å²) in [6.07, 6.45) is 0.215. The lowest BCUT2D eigenvalue weighted by Gasteiger charge is -2.12. The van der Waals surface area contributed by atoms with Crippen LogP contribution >= 0.6 is 11.6 Å². The van der Waals surface area contributed by atoms with Crippen LogP contribution in [0, 0.1) is 0 Å². The van der Waals surface area contributed by atoms with Crippen LogP contribution in [0.3, 0.4) is 0 Å². The molecule has 1 amide bonds. The second-order valence-corrected chi connectivity index (χ2v) is 9.93. The Hall–Kier alpha value is -3.99. The minimum absolute atomic E-state index is 0.000400. The fraction of sp³-hybridized carbons (Fsp3) is 0.148. The van der Waals surface area contributed by atoms with E-state index in [0.717, 1.165) is 0 Å². The van der Waals surface area contributed by atoms with Gasteiger partial charge < -0.3 is 15.2 Å². The van der Waals surface area contributed by atoms with E-state index in [0.29, 0.717) is 28.8 Å². The number of carbonyl (C=O) groups is 1. The highest BCUT2D eigenvalue weighted by atomic mass is 35.5. The van der Waals surface area contributed by atoms with Crippen molar-refractivity contribution in [2.45, 2.75) is 25.2 Å². The molecule has 0 unspecified atom stereocenters. The number of amides is 1. The van der Waals surface area contributed by atoms with Gasteiger partial charge in [0.2, 0.25) is 0 Å². The molecule has 196 valence electrons. The van der Waals surface area contributed by atoms with E-state index >= 15 is 0 Å². The van der Waals surface area contributed by atoms with Crippen molar-refractivity contribution in [2.75, 3.05) is 11.9 Å². The van der Waals surface area contributed by atoms with E-state index in [1.54, 1.807) is 61.5 Å². The molecule has 0 spiro atoms. The van der Waals surface area contributed by atoms with Crippen LogP contribution < -0.4 is 10.1 Å². The van der Waals surface area contributed by atoms with Gasteiger partial charge in [-0.1, -0.05) is 42.8 Å². The molecule has 0 aliphatic carbocycles. The van der Waals surface area contributed by atoms with E-state index in [1.807, 2.05) is 6.92 Å². The van der Waals surface area contributed by atoms with Crippen molar-refractivity contribution >= 4 is 55.5 Å². The summed E-state index contributed by atoms with van der Waals surface area (Å²) in [6.45, 7) is 4.07. The largest absolute Gasteiger partial charge is 0.505 e. The van der Waals surface area contributed by atoms with Gasteiger partial charge in [0.15, 0.2) is 5.75 Å². The van der Waals surface area contributed by atoms with Gasteiger partial charge >= 0.3 is 0 Å². The van der Waals surface area contributed by atoms with Crippen molar-refractivity contribution in [3.63, 3.8) is 0 Å². The number of phenolic OH excluding ortho intramolecular Hbond substituents is 1. The normalized spacial score (nSPS) is 11.7. The van der Waals surface area contributed by atoms with Crippen molar-refractivity contribution in [1.82, 2.24) is 0 Å². The SMILES string of the molecule is CCOc1ccc(NC(=O)c2cc3ccccc3c(N=Nc3ccc(S(=O)(=O)O)c(CC)c3Cl)c2O)cc1. The standard InChI is InChI=1S/C27H24ClN3O6S/c1-3-19-23(38(34,35)36)14-13-22(24(19)28)30-31-25-20-8-6-5-7-16(20)15-21(26(25)32)27(33)29-17-9-11-18(12-10-17)37-4-2/h5-15,32H,3-4H2,1-2H3,(H,29,33)(H,34,35,36). The minimum atomic E-state index is -4.48. The van der Waals surface area contributed by atoms with Crippen molar-refractivity contribution in [1.29, 1.82) is 0 Å². The maximum absolute atomic E-state index is 13.1. The van der Waals surface area contributed by atoms with Crippen LogP contribution in [-0.4, -0.2) is 30.6 Å². The number of phenols is 1. The van der Waals surface area contributed by atoms with Crippen LogP contribution in [0.2, 0.25) is 5.02 Å². The highest BCUT2D eigenvalue weighted by Gasteiger charge is 2.21. The first-order valence-electron chi connectivity index (χ1n) is 11.6. The molecule has 4 aromatic carbocycles. The first-order chi connectivity index (χ1) is 18.1. The van der Waals surface area contributed by atoms with Crippen molar-refractivity contribution in [3.05, 3.63) is 82.9 Å². The lowest BCUT2D eigenvalue weighted by atomic mass is 10.0. The Morgan fingerprint density at radius 3 is 2.39 bits per heavy atom. The summed E-state index contributed by atoms with van der Waals surface area (Å²) in [5.41, 5.74) is 0.834. The van der Waals surface area contributed by atoms with Gasteiger partial charge in [0, 0.05) is 11.1 Å². The number of nitrogens with one attached hydrogen (secondary N) is 1. The molecule has 0 fully saturated rings. The summed E-state index contributed by atoms with van der Waals surface area (Å²) >= 11 is 6.38. The maximum atomic E-state index is 13.1. The van der Waals surface area contributed by atoms with Crippen molar-refractivity contribution in [2.24, 2.45) is 10.2 Å². The Balaban J connectivity index is 1.75. The van der Waals surface area contributed by atoms with Gasteiger partial charge in [0.25, 0.3) is 16.0 Å². The Morgan fingerprint density at radius 1 is 1.03 bits per heavy atom. The Bertz CT molecular complexity index is 1650. The van der Waals surface area contributed by atoms with E-state index in [2.05, 4.69) is 15.5 Å². The molecule has 0 bridgehead atoms. The molecule has 4 aromatic rings. The summed E-state index contributed by atoms with van der Waals surface area (Å²) < 4.78 is 38.3. The second kappa shape index (κ2) is 11.2. The van der Waals surface area contributed by atoms with Gasteiger partial charge in [-0.2, -0.15) is 8.42 Å². The van der Waals surface area contributed by atoms with Crippen molar-refractivity contribution in [3.8, 4) is 11.5 Å². The van der Waals surface area contributed by atoms with Crippen LogP contribution in [0.5, 0.6) is 11.5 Å². The maximum Gasteiger partial charge on any atom is 0.294 e. The minimum Gasteiger partial charge on any atom is -0.505 e. The molecule has 0 aliphatic rings. The quantitative estimate of drug-likeness (QED) is 0.157. The lowest BCUT2D eigenvalue weighted by Crippen LogP contribution is -2.12. The van der Waals surface area contributed by atoms with E-state index in [4.69, 9.17) is 16.3 Å². The number of nitrogens with zero attached hydrogens (tertiary/aromatic N) is 2. The van der Waals surface area contributed by atoms with Gasteiger partial charge in [-0.15, -0.1) is 10.2 Å². The van der Waals surface area contributed by atoms with Crippen LogP contribution in [0.25, 0.3) is 10.8 Å². The van der Waals surface area contributed by atoms with Crippen LogP contribution in [-0.2, 0) is 16.5 Å². The van der Waals surface area contributed by atoms with Gasteiger partial charge in [0.1, 0.15) is 17.1 Å². The highest BCUT2D eigenvalue weighted by molar-refractivity contribution is 7.85. The molecule has 0 heterocycles. The van der Waals surface area contributed by atoms with Gasteiger partial charge in [-0.25, -0.2) is 0 Å². The lowest BCUT2D eigenvalue weighted by molar-refractivity contribution is 0.102. The van der Waals surface area contributed by atoms with E-state index in [1.165, 1.54) is 12.1 Å².